The number of anilines is 2. The minimum atomic E-state index is -0.336. The molecule has 1 atom stereocenters. The molecule has 0 saturated carbocycles. The van der Waals surface area contributed by atoms with Gasteiger partial charge in [0.1, 0.15) is 0 Å². The average molecular weight is 315 g/mol. The molecule has 2 heterocycles. The summed E-state index contributed by atoms with van der Waals surface area (Å²) in [6.45, 7) is 4.42. The lowest BCUT2D eigenvalue weighted by molar-refractivity contribution is -0.122. The molecule has 0 radical (unpaired) electrons. The molecule has 0 bridgehead atoms. The second-order valence-electron chi connectivity index (χ2n) is 5.58. The van der Waals surface area contributed by atoms with Crippen molar-refractivity contribution in [3.63, 3.8) is 0 Å². The highest BCUT2D eigenvalue weighted by Gasteiger charge is 2.35. The fraction of sp³-hybridized carbons (Fsp3) is 0.312. The van der Waals surface area contributed by atoms with Crippen LogP contribution in [0.2, 0.25) is 0 Å². The first-order valence-electron chi connectivity index (χ1n) is 7.12. The molecule has 1 aliphatic rings. The molecular weight excluding hydrogens is 298 g/mol. The van der Waals surface area contributed by atoms with Crippen LogP contribution in [0.1, 0.15) is 17.5 Å². The molecule has 1 aromatic carbocycles. The monoisotopic (exact) mass is 315 g/mol. The van der Waals surface area contributed by atoms with Gasteiger partial charge in [0.05, 0.1) is 5.92 Å². The van der Waals surface area contributed by atoms with Gasteiger partial charge in [-0.05, 0) is 37.1 Å². The van der Waals surface area contributed by atoms with Crippen LogP contribution < -0.4 is 10.2 Å². The van der Waals surface area contributed by atoms with Crippen LogP contribution in [-0.2, 0) is 9.59 Å². The molecule has 6 heteroatoms. The number of thiazole rings is 1. The number of carbonyl (C=O) groups is 2. The van der Waals surface area contributed by atoms with Gasteiger partial charge in [0.15, 0.2) is 5.13 Å². The van der Waals surface area contributed by atoms with Crippen molar-refractivity contribution in [2.75, 3.05) is 16.8 Å². The van der Waals surface area contributed by atoms with Crippen molar-refractivity contribution >= 4 is 34.0 Å². The van der Waals surface area contributed by atoms with Crippen molar-refractivity contribution in [3.8, 4) is 0 Å². The SMILES string of the molecule is Cc1cc(C)cc(N2C[C@@H](C(=O)Nc3nccs3)CC2=O)c1. The molecule has 3 rings (SSSR count). The predicted octanol–water partition coefficient (Wildman–Crippen LogP) is 2.75. The van der Waals surface area contributed by atoms with Crippen LogP contribution >= 0.6 is 11.3 Å². The standard InChI is InChI=1S/C16H17N3O2S/c1-10-5-11(2)7-13(6-10)19-9-12(8-14(19)20)15(21)18-16-17-3-4-22-16/h3-7,12H,8-9H2,1-2H3,(H,17,18,21)/t12-/m0/s1. The van der Waals surface area contributed by atoms with Crippen LogP contribution in [0, 0.1) is 19.8 Å². The van der Waals surface area contributed by atoms with E-state index in [9.17, 15) is 9.59 Å². The van der Waals surface area contributed by atoms with Crippen LogP contribution in [-0.4, -0.2) is 23.3 Å². The smallest absolute Gasteiger partial charge is 0.231 e. The number of nitrogens with zero attached hydrogens (tertiary/aromatic N) is 2. The Kier molecular flexibility index (Phi) is 3.94. The number of nitrogens with one attached hydrogen (secondary N) is 1. The number of hydrogen-bond acceptors (Lipinski definition) is 4. The topological polar surface area (TPSA) is 62.3 Å². The minimum Gasteiger partial charge on any atom is -0.312 e. The molecule has 0 aliphatic carbocycles. The van der Waals surface area contributed by atoms with Crippen LogP contribution in [0.5, 0.6) is 0 Å². The van der Waals surface area contributed by atoms with E-state index in [1.807, 2.05) is 26.0 Å². The molecule has 1 N–H and O–H groups in total. The third-order valence-corrected chi connectivity index (χ3v) is 4.36. The lowest BCUT2D eigenvalue weighted by atomic mass is 10.1. The van der Waals surface area contributed by atoms with Gasteiger partial charge in [-0.25, -0.2) is 4.98 Å². The molecule has 0 spiro atoms. The Morgan fingerprint density at radius 2 is 2.05 bits per heavy atom. The van der Waals surface area contributed by atoms with Crippen LogP contribution in [0.15, 0.2) is 29.8 Å². The molecule has 1 saturated heterocycles. The molecule has 1 aromatic heterocycles. The Hall–Kier alpha value is -2.21. The van der Waals surface area contributed by atoms with Crippen molar-refractivity contribution in [2.45, 2.75) is 20.3 Å². The van der Waals surface area contributed by atoms with Gasteiger partial charge < -0.3 is 10.2 Å². The zero-order valence-electron chi connectivity index (χ0n) is 12.5. The summed E-state index contributed by atoms with van der Waals surface area (Å²) in [7, 11) is 0. The van der Waals surface area contributed by atoms with E-state index in [1.165, 1.54) is 11.3 Å². The Morgan fingerprint density at radius 3 is 2.68 bits per heavy atom. The van der Waals surface area contributed by atoms with E-state index in [0.29, 0.717) is 11.7 Å². The van der Waals surface area contributed by atoms with Crippen molar-refractivity contribution < 1.29 is 9.59 Å². The predicted molar refractivity (Wildman–Crippen MR) is 87.1 cm³/mol. The van der Waals surface area contributed by atoms with Crippen molar-refractivity contribution in [3.05, 3.63) is 40.9 Å². The first-order valence-corrected chi connectivity index (χ1v) is 8.00. The average Bonchev–Trinajstić information content (AvgIpc) is 3.07. The van der Waals surface area contributed by atoms with Crippen molar-refractivity contribution in [1.82, 2.24) is 4.98 Å². The normalized spacial score (nSPS) is 17.8. The van der Waals surface area contributed by atoms with Crippen LogP contribution in [0.25, 0.3) is 0 Å². The summed E-state index contributed by atoms with van der Waals surface area (Å²) in [5.74, 6) is -0.489. The highest BCUT2D eigenvalue weighted by molar-refractivity contribution is 7.13. The summed E-state index contributed by atoms with van der Waals surface area (Å²) >= 11 is 1.37. The molecule has 2 aromatic rings. The number of aryl methyl sites for hydroxylation is 2. The van der Waals surface area contributed by atoms with Gasteiger partial charge in [-0.2, -0.15) is 0 Å². The van der Waals surface area contributed by atoms with E-state index < -0.39 is 0 Å². The summed E-state index contributed by atoms with van der Waals surface area (Å²) in [5, 5.41) is 5.14. The Morgan fingerprint density at radius 1 is 1.32 bits per heavy atom. The number of aromatic nitrogens is 1. The molecule has 1 fully saturated rings. The lowest BCUT2D eigenvalue weighted by Gasteiger charge is -2.18. The maximum atomic E-state index is 12.2. The summed E-state index contributed by atoms with van der Waals surface area (Å²) in [6, 6.07) is 6.02. The maximum absolute atomic E-state index is 12.2. The molecule has 22 heavy (non-hydrogen) atoms. The molecule has 5 nitrogen and oxygen atoms in total. The molecule has 114 valence electrons. The number of hydrogen-bond donors (Lipinski definition) is 1. The Balaban J connectivity index is 1.74. The second kappa shape index (κ2) is 5.88. The van der Waals surface area contributed by atoms with E-state index in [1.54, 1.807) is 16.5 Å². The Bertz CT molecular complexity index is 692. The largest absolute Gasteiger partial charge is 0.312 e. The summed E-state index contributed by atoms with van der Waals surface area (Å²) in [5.41, 5.74) is 3.09. The highest BCUT2D eigenvalue weighted by atomic mass is 32.1. The molecule has 0 unspecified atom stereocenters. The number of amides is 2. The highest BCUT2D eigenvalue weighted by Crippen LogP contribution is 2.27. The van der Waals surface area contributed by atoms with E-state index in [4.69, 9.17) is 0 Å². The first kappa shape index (κ1) is 14.7. The van der Waals surface area contributed by atoms with Gasteiger partial charge in [0.2, 0.25) is 11.8 Å². The maximum Gasteiger partial charge on any atom is 0.231 e. The number of carbonyl (C=O) groups excluding carboxylic acids is 2. The van der Waals surface area contributed by atoms with E-state index in [2.05, 4.69) is 16.4 Å². The molecule has 1 aliphatic heterocycles. The lowest BCUT2D eigenvalue weighted by Crippen LogP contribution is -2.28. The second-order valence-corrected chi connectivity index (χ2v) is 6.47. The fourth-order valence-corrected chi connectivity index (χ4v) is 3.26. The summed E-state index contributed by atoms with van der Waals surface area (Å²) in [4.78, 5) is 30.2. The van der Waals surface area contributed by atoms with E-state index in [-0.39, 0.29) is 24.2 Å². The molecule has 2 amide bonds. The minimum absolute atomic E-state index is 0.00992. The van der Waals surface area contributed by atoms with E-state index >= 15 is 0 Å². The zero-order valence-corrected chi connectivity index (χ0v) is 13.3. The van der Waals surface area contributed by atoms with E-state index in [0.717, 1.165) is 16.8 Å². The third kappa shape index (κ3) is 3.01. The van der Waals surface area contributed by atoms with Crippen LogP contribution in [0.4, 0.5) is 10.8 Å². The van der Waals surface area contributed by atoms with Crippen molar-refractivity contribution in [2.24, 2.45) is 5.92 Å². The Labute approximate surface area is 133 Å². The van der Waals surface area contributed by atoms with Gasteiger partial charge in [0.25, 0.3) is 0 Å². The first-order chi connectivity index (χ1) is 10.5. The summed E-state index contributed by atoms with van der Waals surface area (Å²) < 4.78 is 0. The van der Waals surface area contributed by atoms with Gasteiger partial charge in [-0.15, -0.1) is 11.3 Å². The van der Waals surface area contributed by atoms with Crippen molar-refractivity contribution in [1.29, 1.82) is 0 Å². The van der Waals surface area contributed by atoms with Gasteiger partial charge >= 0.3 is 0 Å². The molecular formula is C16H17N3O2S. The number of benzene rings is 1. The third-order valence-electron chi connectivity index (χ3n) is 3.68. The zero-order chi connectivity index (χ0) is 15.7. The van der Waals surface area contributed by atoms with Gasteiger partial charge in [-0.3, -0.25) is 9.59 Å². The quantitative estimate of drug-likeness (QED) is 0.947. The van der Waals surface area contributed by atoms with Gasteiger partial charge in [-0.1, -0.05) is 6.07 Å². The van der Waals surface area contributed by atoms with Gasteiger partial charge in [0, 0.05) is 30.2 Å². The summed E-state index contributed by atoms with van der Waals surface area (Å²) in [6.07, 6.45) is 1.88. The van der Waals surface area contributed by atoms with Crippen LogP contribution in [0.3, 0.4) is 0 Å². The number of rotatable bonds is 3. The fourth-order valence-electron chi connectivity index (χ4n) is 2.73.